The minimum absolute atomic E-state index is 0.0141. The first-order chi connectivity index (χ1) is 40.0. The highest BCUT2D eigenvalue weighted by molar-refractivity contribution is 7.47. The Hall–Kier alpha value is -3.59. The third-order valence-corrected chi connectivity index (χ3v) is 15.0. The van der Waals surface area contributed by atoms with Gasteiger partial charge in [-0.25, -0.2) is 4.57 Å². The lowest BCUT2D eigenvalue weighted by Gasteiger charge is -2.24. The Balaban J connectivity index is 3.99. The van der Waals surface area contributed by atoms with Gasteiger partial charge in [-0.05, 0) is 89.9 Å². The van der Waals surface area contributed by atoms with Crippen molar-refractivity contribution in [3.63, 3.8) is 0 Å². The maximum absolute atomic E-state index is 12.8. The van der Waals surface area contributed by atoms with Crippen molar-refractivity contribution in [2.45, 2.75) is 277 Å². The van der Waals surface area contributed by atoms with E-state index in [-0.39, 0.29) is 32.0 Å². The Labute approximate surface area is 505 Å². The molecule has 0 amide bonds. The largest absolute Gasteiger partial charge is 0.472 e. The Bertz CT molecular complexity index is 1800. The number of likely N-dealkylation sites (N-methyl/N-ethyl adjacent to an activating group) is 1. The molecular formula is C72H125NO8P+. The Morgan fingerprint density at radius 1 is 0.378 bits per heavy atom. The van der Waals surface area contributed by atoms with Crippen LogP contribution in [0.2, 0.25) is 0 Å². The van der Waals surface area contributed by atoms with Gasteiger partial charge >= 0.3 is 19.8 Å². The smallest absolute Gasteiger partial charge is 0.462 e. The predicted molar refractivity (Wildman–Crippen MR) is 353 cm³/mol. The van der Waals surface area contributed by atoms with Gasteiger partial charge in [0.25, 0.3) is 0 Å². The Kier molecular flexibility index (Phi) is 59.2. The number of hydrogen-bond donors (Lipinski definition) is 1. The van der Waals surface area contributed by atoms with Crippen LogP contribution in [0.15, 0.2) is 122 Å². The third kappa shape index (κ3) is 65.6. The van der Waals surface area contributed by atoms with Gasteiger partial charge in [0.15, 0.2) is 6.10 Å². The lowest BCUT2D eigenvalue weighted by atomic mass is 10.0. The van der Waals surface area contributed by atoms with Crippen LogP contribution in [-0.4, -0.2) is 74.9 Å². The van der Waals surface area contributed by atoms with Crippen molar-refractivity contribution in [2.24, 2.45) is 0 Å². The van der Waals surface area contributed by atoms with Gasteiger partial charge in [0.1, 0.15) is 19.8 Å². The first-order valence-electron chi connectivity index (χ1n) is 33.3. The molecule has 0 rings (SSSR count). The maximum Gasteiger partial charge on any atom is 0.472 e. The normalized spacial score (nSPS) is 14.0. The lowest BCUT2D eigenvalue weighted by Crippen LogP contribution is -2.37. The number of carbonyl (C=O) groups is 2. The van der Waals surface area contributed by atoms with E-state index in [4.69, 9.17) is 18.5 Å². The molecule has 0 spiro atoms. The highest BCUT2D eigenvalue weighted by atomic mass is 31.2. The summed E-state index contributed by atoms with van der Waals surface area (Å²) in [4.78, 5) is 35.7. The van der Waals surface area contributed by atoms with Crippen LogP contribution in [0.4, 0.5) is 0 Å². The molecule has 0 aliphatic rings. The van der Waals surface area contributed by atoms with Crippen LogP contribution < -0.4 is 0 Å². The van der Waals surface area contributed by atoms with Crippen molar-refractivity contribution in [2.75, 3.05) is 47.5 Å². The number of unbranched alkanes of at least 4 members (excludes halogenated alkanes) is 26. The van der Waals surface area contributed by atoms with E-state index in [2.05, 4.69) is 123 Å². The zero-order chi connectivity index (χ0) is 59.8. The zero-order valence-corrected chi connectivity index (χ0v) is 54.3. The van der Waals surface area contributed by atoms with Crippen molar-refractivity contribution < 1.29 is 42.1 Å². The SMILES string of the molecule is CC/C=C\C/C=C\C/C=C\C/C=C\C/C=C\C/C=C\CCC(=O)OC(COC(=O)CCCCCCCCCCCCCCCCCCCCCCCCCCCC/C=C\C/C=C\C/C=C\C/C=C\CC)COP(=O)(O)OCC[N+](C)(C)C. The number of nitrogens with zero attached hydrogens (tertiary/aromatic N) is 1. The van der Waals surface area contributed by atoms with Gasteiger partial charge in [0, 0.05) is 12.8 Å². The molecule has 0 aromatic carbocycles. The molecule has 10 heteroatoms. The number of esters is 2. The number of ether oxygens (including phenoxy) is 2. The molecule has 1 N–H and O–H groups in total. The second-order valence-corrected chi connectivity index (χ2v) is 24.5. The molecule has 0 radical (unpaired) electrons. The summed E-state index contributed by atoms with van der Waals surface area (Å²) < 4.78 is 34.5. The van der Waals surface area contributed by atoms with E-state index in [0.717, 1.165) is 83.5 Å². The highest BCUT2D eigenvalue weighted by Crippen LogP contribution is 2.43. The molecule has 0 fully saturated rings. The number of carbonyl (C=O) groups excluding carboxylic acids is 2. The third-order valence-electron chi connectivity index (χ3n) is 14.0. The van der Waals surface area contributed by atoms with Crippen molar-refractivity contribution in [3.8, 4) is 0 Å². The highest BCUT2D eigenvalue weighted by Gasteiger charge is 2.27. The van der Waals surface area contributed by atoms with Gasteiger partial charge in [-0.15, -0.1) is 0 Å². The molecule has 0 aliphatic carbocycles. The van der Waals surface area contributed by atoms with E-state index in [9.17, 15) is 19.0 Å². The van der Waals surface area contributed by atoms with E-state index in [1.54, 1.807) is 0 Å². The minimum Gasteiger partial charge on any atom is -0.462 e. The average molecular weight is 1160 g/mol. The molecule has 0 heterocycles. The monoisotopic (exact) mass is 1160 g/mol. The molecule has 0 aromatic heterocycles. The van der Waals surface area contributed by atoms with Crippen LogP contribution in [0.25, 0.3) is 0 Å². The molecule has 2 atom stereocenters. The summed E-state index contributed by atoms with van der Waals surface area (Å²) in [6, 6.07) is 0. The van der Waals surface area contributed by atoms with Gasteiger partial charge in [-0.2, -0.15) is 0 Å². The molecule has 82 heavy (non-hydrogen) atoms. The van der Waals surface area contributed by atoms with Crippen LogP contribution in [0.1, 0.15) is 271 Å². The topological polar surface area (TPSA) is 108 Å². The molecule has 470 valence electrons. The number of phosphoric acid groups is 1. The Morgan fingerprint density at radius 2 is 0.683 bits per heavy atom. The molecule has 0 saturated heterocycles. The molecule has 0 bridgehead atoms. The summed E-state index contributed by atoms with van der Waals surface area (Å²) in [5.74, 6) is -0.893. The fourth-order valence-electron chi connectivity index (χ4n) is 8.98. The second-order valence-electron chi connectivity index (χ2n) is 23.1. The van der Waals surface area contributed by atoms with Gasteiger partial charge in [0.2, 0.25) is 0 Å². The van der Waals surface area contributed by atoms with E-state index in [1.807, 2.05) is 33.3 Å². The summed E-state index contributed by atoms with van der Waals surface area (Å²) in [7, 11) is 1.43. The van der Waals surface area contributed by atoms with Crippen molar-refractivity contribution in [1.82, 2.24) is 0 Å². The number of hydrogen-bond acceptors (Lipinski definition) is 7. The fraction of sp³-hybridized carbons (Fsp3) is 0.694. The van der Waals surface area contributed by atoms with Crippen LogP contribution in [0, 0.1) is 0 Å². The molecule has 0 aromatic rings. The number of allylic oxidation sites excluding steroid dienone is 20. The number of phosphoric ester groups is 1. The molecular weight excluding hydrogens is 1040 g/mol. The fourth-order valence-corrected chi connectivity index (χ4v) is 9.72. The number of rotatable bonds is 60. The quantitative estimate of drug-likeness (QED) is 0.0211. The van der Waals surface area contributed by atoms with Gasteiger partial charge < -0.3 is 18.9 Å². The number of quaternary nitrogens is 1. The van der Waals surface area contributed by atoms with Crippen LogP contribution in [-0.2, 0) is 32.7 Å². The predicted octanol–water partition coefficient (Wildman–Crippen LogP) is 21.5. The minimum atomic E-state index is -4.41. The Morgan fingerprint density at radius 3 is 1.02 bits per heavy atom. The maximum atomic E-state index is 12.8. The van der Waals surface area contributed by atoms with Crippen LogP contribution >= 0.6 is 7.82 Å². The van der Waals surface area contributed by atoms with Crippen LogP contribution in [0.5, 0.6) is 0 Å². The first kappa shape index (κ1) is 78.4. The second kappa shape index (κ2) is 62.0. The van der Waals surface area contributed by atoms with Crippen molar-refractivity contribution in [1.29, 1.82) is 0 Å². The molecule has 0 aliphatic heterocycles. The zero-order valence-electron chi connectivity index (χ0n) is 53.4. The van der Waals surface area contributed by atoms with Crippen molar-refractivity contribution >= 4 is 19.8 Å². The van der Waals surface area contributed by atoms with E-state index < -0.39 is 26.5 Å². The lowest BCUT2D eigenvalue weighted by molar-refractivity contribution is -0.870. The molecule has 0 saturated carbocycles. The summed E-state index contributed by atoms with van der Waals surface area (Å²) in [6.45, 7) is 4.13. The summed E-state index contributed by atoms with van der Waals surface area (Å²) >= 11 is 0. The van der Waals surface area contributed by atoms with Gasteiger partial charge in [0.05, 0.1) is 27.7 Å². The molecule has 9 nitrogen and oxygen atoms in total. The van der Waals surface area contributed by atoms with E-state index in [0.29, 0.717) is 17.4 Å². The van der Waals surface area contributed by atoms with Crippen molar-refractivity contribution in [3.05, 3.63) is 122 Å². The standard InChI is InChI=1S/C72H124NO8P/c1-6-8-10-12-14-16-18-20-22-24-26-27-28-29-30-31-32-33-34-35-36-37-38-39-40-41-42-43-44-45-47-48-50-52-54-56-58-60-62-64-71(74)78-68-70(69-80-82(76,77)79-67-66-73(3,4)5)81-72(75)65-63-61-59-57-55-53-51-49-46-25-23-21-19-17-15-13-11-9-7-2/h8-11,14-17,20-23,26-27,46,49,53,55,59,61,70H,6-7,12-13,18-19,24-25,28-45,47-48,50-52,54,56-58,60,62-69H2,1-5H3/p+1/b10-8-,11-9-,16-14-,17-15-,22-20-,23-21-,27-26-,49-46-,55-53-,61-59-. The van der Waals surface area contributed by atoms with Crippen LogP contribution in [0.3, 0.4) is 0 Å². The summed E-state index contributed by atoms with van der Waals surface area (Å²) in [5, 5.41) is 0. The summed E-state index contributed by atoms with van der Waals surface area (Å²) in [6.07, 6.45) is 89.1. The van der Waals surface area contributed by atoms with E-state index >= 15 is 0 Å². The van der Waals surface area contributed by atoms with Gasteiger partial charge in [-0.3, -0.25) is 18.6 Å². The summed E-state index contributed by atoms with van der Waals surface area (Å²) in [5.41, 5.74) is 0. The first-order valence-corrected chi connectivity index (χ1v) is 34.8. The molecule has 2 unspecified atom stereocenters. The van der Waals surface area contributed by atoms with E-state index in [1.165, 1.54) is 154 Å². The van der Waals surface area contributed by atoms with Gasteiger partial charge in [-0.1, -0.05) is 289 Å². The average Bonchev–Trinajstić information content (AvgIpc) is 3.46.